The molecule has 3 amide bonds. The Kier molecular flexibility index (Phi) is 10.4. The van der Waals surface area contributed by atoms with Gasteiger partial charge in [-0.15, -0.1) is 13.2 Å². The summed E-state index contributed by atoms with van der Waals surface area (Å²) in [5.41, 5.74) is -0.410. The molecule has 1 spiro atoms. The second-order valence-electron chi connectivity index (χ2n) is 12.9. The lowest BCUT2D eigenvalue weighted by atomic mass is 9.70. The maximum atomic E-state index is 14.6. The van der Waals surface area contributed by atoms with Crippen LogP contribution in [0.2, 0.25) is 0 Å². The van der Waals surface area contributed by atoms with Crippen LogP contribution >= 0.6 is 0 Å². The summed E-state index contributed by atoms with van der Waals surface area (Å²) in [5.74, 6) is -3.02. The van der Waals surface area contributed by atoms with E-state index in [1.165, 1.54) is 4.90 Å². The molecule has 2 bridgehead atoms. The van der Waals surface area contributed by atoms with Crippen LogP contribution in [0.3, 0.4) is 0 Å². The molecule has 7 atom stereocenters. The smallest absolute Gasteiger partial charge is 0.306 e. The Morgan fingerprint density at radius 2 is 1.89 bits per heavy atom. The standard InChI is InChI=1S/C35H47N3O7/c1-4-6-17-28(40)44-22-26(24-13-9-7-10-14-24)36-32(41)29-27-18-19-35(45-27)30(29)33(42)38(23(3)21-39)31(35)34(43)37(20-5-2)25-15-11-8-12-16-25/h4-5,7,9-10,13-14,23,25-27,29-31,39H,1-2,6,8,11-12,15-22H2,3H3,(H,36,41)/t23-,26-,27+,29-,30-,31+,35-/m1/s1. The lowest BCUT2D eigenvalue weighted by Crippen LogP contribution is -2.60. The number of aliphatic hydroxyl groups excluding tert-OH is 1. The third kappa shape index (κ3) is 6.31. The summed E-state index contributed by atoms with van der Waals surface area (Å²) in [6.07, 6.45) is 9.49. The van der Waals surface area contributed by atoms with E-state index >= 15 is 0 Å². The molecular weight excluding hydrogens is 574 g/mol. The summed E-state index contributed by atoms with van der Waals surface area (Å²) < 4.78 is 12.1. The maximum Gasteiger partial charge on any atom is 0.306 e. The van der Waals surface area contributed by atoms with Gasteiger partial charge in [0.05, 0.1) is 36.6 Å². The van der Waals surface area contributed by atoms with Crippen LogP contribution in [0, 0.1) is 11.8 Å². The van der Waals surface area contributed by atoms with Crippen molar-refractivity contribution in [1.82, 2.24) is 15.1 Å². The molecule has 2 N–H and O–H groups in total. The van der Waals surface area contributed by atoms with Gasteiger partial charge in [-0.05, 0) is 44.6 Å². The number of fused-ring (bicyclic) bond motifs is 1. The number of carbonyl (C=O) groups excluding carboxylic acids is 4. The first-order valence-electron chi connectivity index (χ1n) is 16.4. The van der Waals surface area contributed by atoms with Gasteiger partial charge in [0.2, 0.25) is 17.7 Å². The number of esters is 1. The van der Waals surface area contributed by atoms with Gasteiger partial charge in [0.25, 0.3) is 0 Å². The summed E-state index contributed by atoms with van der Waals surface area (Å²) in [5, 5.41) is 13.3. The molecule has 10 heteroatoms. The van der Waals surface area contributed by atoms with E-state index in [0.29, 0.717) is 25.8 Å². The Labute approximate surface area is 265 Å². The fourth-order valence-electron chi connectivity index (χ4n) is 7.98. The molecule has 10 nitrogen and oxygen atoms in total. The second-order valence-corrected chi connectivity index (χ2v) is 12.9. The van der Waals surface area contributed by atoms with Crippen molar-refractivity contribution in [3.05, 3.63) is 61.2 Å². The van der Waals surface area contributed by atoms with Gasteiger partial charge >= 0.3 is 5.97 Å². The zero-order valence-electron chi connectivity index (χ0n) is 26.3. The van der Waals surface area contributed by atoms with Crippen LogP contribution in [0.1, 0.15) is 76.3 Å². The minimum atomic E-state index is -1.17. The third-order valence-corrected chi connectivity index (χ3v) is 10.1. The fraction of sp³-hybridized carbons (Fsp3) is 0.600. The molecule has 0 aromatic heterocycles. The van der Waals surface area contributed by atoms with E-state index in [1.807, 2.05) is 35.2 Å². The van der Waals surface area contributed by atoms with Crippen LogP contribution in [0.4, 0.5) is 0 Å². The van der Waals surface area contributed by atoms with Crippen LogP contribution in [0.15, 0.2) is 55.6 Å². The minimum absolute atomic E-state index is 0.0413. The Hall–Kier alpha value is -3.50. The average molecular weight is 622 g/mol. The molecule has 3 saturated heterocycles. The van der Waals surface area contributed by atoms with E-state index in [4.69, 9.17) is 9.47 Å². The zero-order valence-corrected chi connectivity index (χ0v) is 26.3. The van der Waals surface area contributed by atoms with Crippen LogP contribution < -0.4 is 5.32 Å². The Morgan fingerprint density at radius 3 is 2.56 bits per heavy atom. The van der Waals surface area contributed by atoms with Gasteiger partial charge < -0.3 is 29.7 Å². The van der Waals surface area contributed by atoms with Gasteiger partial charge in [0.15, 0.2) is 0 Å². The number of hydrogen-bond donors (Lipinski definition) is 2. The predicted molar refractivity (Wildman–Crippen MR) is 167 cm³/mol. The molecule has 244 valence electrons. The Balaban J connectivity index is 1.43. The van der Waals surface area contributed by atoms with E-state index in [2.05, 4.69) is 18.5 Å². The normalized spacial score (nSPS) is 28.7. The first-order chi connectivity index (χ1) is 21.8. The van der Waals surface area contributed by atoms with Gasteiger partial charge in [-0.2, -0.15) is 0 Å². The van der Waals surface area contributed by atoms with Crippen molar-refractivity contribution in [2.24, 2.45) is 11.8 Å². The number of amides is 3. The second kappa shape index (κ2) is 14.3. The summed E-state index contributed by atoms with van der Waals surface area (Å²) in [6.45, 7) is 9.22. The largest absolute Gasteiger partial charge is 0.463 e. The van der Waals surface area contributed by atoms with Crippen molar-refractivity contribution in [2.75, 3.05) is 19.8 Å². The number of nitrogens with zero attached hydrogens (tertiary/aromatic N) is 2. The number of rotatable bonds is 14. The van der Waals surface area contributed by atoms with E-state index in [1.54, 1.807) is 19.1 Å². The highest BCUT2D eigenvalue weighted by Gasteiger charge is 2.75. The lowest BCUT2D eigenvalue weighted by Gasteiger charge is -2.41. The Bertz CT molecular complexity index is 1260. The molecule has 3 aliphatic heterocycles. The number of allylic oxidation sites excluding steroid dienone is 1. The first kappa shape index (κ1) is 32.9. The van der Waals surface area contributed by atoms with Gasteiger partial charge in [-0.3, -0.25) is 19.2 Å². The third-order valence-electron chi connectivity index (χ3n) is 10.1. The van der Waals surface area contributed by atoms with Crippen LogP contribution in [-0.4, -0.2) is 88.2 Å². The van der Waals surface area contributed by atoms with Crippen molar-refractivity contribution >= 4 is 23.7 Å². The van der Waals surface area contributed by atoms with Crippen molar-refractivity contribution in [3.63, 3.8) is 0 Å². The highest BCUT2D eigenvalue weighted by atomic mass is 16.5. The fourth-order valence-corrected chi connectivity index (χ4v) is 7.98. The highest BCUT2D eigenvalue weighted by Crippen LogP contribution is 2.59. The number of hydrogen-bond acceptors (Lipinski definition) is 7. The van der Waals surface area contributed by atoms with E-state index in [0.717, 1.165) is 37.7 Å². The quantitative estimate of drug-likeness (QED) is 0.241. The topological polar surface area (TPSA) is 125 Å². The molecule has 45 heavy (non-hydrogen) atoms. The molecule has 0 unspecified atom stereocenters. The number of benzene rings is 1. The number of likely N-dealkylation sites (tertiary alicyclic amines) is 1. The highest BCUT2D eigenvalue weighted by molar-refractivity contribution is 5.99. The van der Waals surface area contributed by atoms with Crippen LogP contribution in [-0.2, 0) is 28.7 Å². The number of ether oxygens (including phenoxy) is 2. The van der Waals surface area contributed by atoms with Gasteiger partial charge in [-0.1, -0.05) is 61.7 Å². The van der Waals surface area contributed by atoms with Gasteiger partial charge in [-0.25, -0.2) is 0 Å². The molecule has 1 aromatic rings. The minimum Gasteiger partial charge on any atom is -0.463 e. The molecular formula is C35H47N3O7. The summed E-state index contributed by atoms with van der Waals surface area (Å²) in [7, 11) is 0. The number of carbonyl (C=O) groups is 4. The monoisotopic (exact) mass is 621 g/mol. The van der Waals surface area contributed by atoms with Crippen molar-refractivity contribution in [1.29, 1.82) is 0 Å². The van der Waals surface area contributed by atoms with Crippen molar-refractivity contribution in [2.45, 2.75) is 101 Å². The maximum absolute atomic E-state index is 14.6. The molecule has 1 aliphatic carbocycles. The molecule has 4 fully saturated rings. The van der Waals surface area contributed by atoms with Crippen molar-refractivity contribution in [3.8, 4) is 0 Å². The lowest BCUT2D eigenvalue weighted by molar-refractivity contribution is -0.152. The van der Waals surface area contributed by atoms with E-state index in [9.17, 15) is 24.3 Å². The Morgan fingerprint density at radius 1 is 1.16 bits per heavy atom. The predicted octanol–water partition coefficient (Wildman–Crippen LogP) is 3.46. The van der Waals surface area contributed by atoms with Crippen molar-refractivity contribution < 1.29 is 33.8 Å². The van der Waals surface area contributed by atoms with E-state index in [-0.39, 0.29) is 43.4 Å². The molecule has 1 saturated carbocycles. The summed E-state index contributed by atoms with van der Waals surface area (Å²) in [4.78, 5) is 58.7. The molecule has 1 aromatic carbocycles. The number of nitrogens with one attached hydrogen (secondary N) is 1. The summed E-state index contributed by atoms with van der Waals surface area (Å²) in [6, 6.07) is 7.06. The molecule has 5 rings (SSSR count). The zero-order chi connectivity index (χ0) is 32.1. The first-order valence-corrected chi connectivity index (χ1v) is 16.4. The van der Waals surface area contributed by atoms with Gasteiger partial charge in [0, 0.05) is 19.0 Å². The molecule has 0 radical (unpaired) electrons. The molecule has 4 aliphatic rings. The number of aliphatic hydroxyl groups is 1. The summed E-state index contributed by atoms with van der Waals surface area (Å²) >= 11 is 0. The molecule has 3 heterocycles. The van der Waals surface area contributed by atoms with Crippen LogP contribution in [0.5, 0.6) is 0 Å². The van der Waals surface area contributed by atoms with Crippen LogP contribution in [0.25, 0.3) is 0 Å². The average Bonchev–Trinajstić information content (AvgIpc) is 3.72. The van der Waals surface area contributed by atoms with E-state index < -0.39 is 47.6 Å². The van der Waals surface area contributed by atoms with Gasteiger partial charge in [0.1, 0.15) is 18.2 Å². The SMILES string of the molecule is C=CCCC(=O)OC[C@@H](NC(=O)[C@@H]1[C@@H]2CC[C@]3(O2)[C@H](C(=O)N(CC=C)C2CCCCC2)N([C@H](C)CO)C(=O)[C@@H]13)c1ccccc1.